The third-order valence-electron chi connectivity index (χ3n) is 2.34. The Hall–Kier alpha value is -1.13. The number of ether oxygens (including phenoxy) is 1. The average Bonchev–Trinajstić information content (AvgIpc) is 2.17. The van der Waals surface area contributed by atoms with Crippen LogP contribution in [0.5, 0.6) is 0 Å². The molecular weight excluding hydrogens is 192 g/mol. The van der Waals surface area contributed by atoms with Gasteiger partial charge in [0.2, 0.25) is 0 Å². The summed E-state index contributed by atoms with van der Waals surface area (Å²) < 4.78 is 5.47. The molecule has 0 aliphatic heterocycles. The third kappa shape index (κ3) is 2.67. The Balaban J connectivity index is 2.93. The predicted molar refractivity (Wildman–Crippen MR) is 59.3 cm³/mol. The number of rotatable bonds is 4. The predicted octanol–water partition coefficient (Wildman–Crippen LogP) is 1.51. The summed E-state index contributed by atoms with van der Waals surface area (Å²) in [6.45, 7) is 6.09. The fourth-order valence-electron chi connectivity index (χ4n) is 1.49. The largest absolute Gasteiger partial charge is 0.385 e. The van der Waals surface area contributed by atoms with Gasteiger partial charge in [-0.05, 0) is 26.8 Å². The Morgan fingerprint density at radius 2 is 2.27 bits per heavy atom. The molecule has 0 radical (unpaired) electrons. The minimum Gasteiger partial charge on any atom is -0.385 e. The molecule has 1 atom stereocenters. The average molecular weight is 210 g/mol. The molecule has 0 fully saturated rings. The maximum atomic E-state index is 10.1. The molecule has 0 aliphatic carbocycles. The van der Waals surface area contributed by atoms with Crippen molar-refractivity contribution >= 4 is 5.82 Å². The van der Waals surface area contributed by atoms with Crippen molar-refractivity contribution < 1.29 is 9.84 Å². The van der Waals surface area contributed by atoms with Gasteiger partial charge in [-0.3, -0.25) is 0 Å². The van der Waals surface area contributed by atoms with Gasteiger partial charge in [-0.1, -0.05) is 6.07 Å². The van der Waals surface area contributed by atoms with Gasteiger partial charge in [-0.25, -0.2) is 4.98 Å². The number of nitrogen functional groups attached to an aromatic ring is 1. The number of aliphatic hydroxyl groups is 1. The fourth-order valence-corrected chi connectivity index (χ4v) is 1.49. The molecule has 0 spiro atoms. The van der Waals surface area contributed by atoms with Gasteiger partial charge >= 0.3 is 0 Å². The van der Waals surface area contributed by atoms with Crippen molar-refractivity contribution in [1.82, 2.24) is 4.98 Å². The molecule has 0 aliphatic rings. The summed E-state index contributed by atoms with van der Waals surface area (Å²) in [5, 5.41) is 10.1. The molecule has 3 N–H and O–H groups in total. The Kier molecular flexibility index (Phi) is 3.66. The van der Waals surface area contributed by atoms with Gasteiger partial charge in [0.15, 0.2) is 0 Å². The maximum absolute atomic E-state index is 10.1. The maximum Gasteiger partial charge on any atom is 0.129 e. The Labute approximate surface area is 90.1 Å². The molecule has 4 heteroatoms. The van der Waals surface area contributed by atoms with Crippen molar-refractivity contribution in [2.75, 3.05) is 12.3 Å². The van der Waals surface area contributed by atoms with Crippen molar-refractivity contribution in [1.29, 1.82) is 0 Å². The zero-order valence-corrected chi connectivity index (χ0v) is 9.40. The van der Waals surface area contributed by atoms with E-state index in [0.29, 0.717) is 18.0 Å². The van der Waals surface area contributed by atoms with E-state index >= 15 is 0 Å². The second-order valence-corrected chi connectivity index (χ2v) is 3.92. The van der Waals surface area contributed by atoms with E-state index in [9.17, 15) is 5.11 Å². The van der Waals surface area contributed by atoms with E-state index < -0.39 is 11.7 Å². The van der Waals surface area contributed by atoms with Crippen LogP contribution in [0.15, 0.2) is 18.3 Å². The van der Waals surface area contributed by atoms with E-state index in [1.165, 1.54) is 0 Å². The number of nitrogens with zero attached hydrogens (tertiary/aromatic N) is 1. The summed E-state index contributed by atoms with van der Waals surface area (Å²) in [4.78, 5) is 3.94. The van der Waals surface area contributed by atoms with Crippen molar-refractivity contribution in [2.24, 2.45) is 0 Å². The summed E-state index contributed by atoms with van der Waals surface area (Å²) in [7, 11) is 0. The Bertz CT molecular complexity index is 326. The number of hydrogen-bond donors (Lipinski definition) is 2. The van der Waals surface area contributed by atoms with Gasteiger partial charge in [-0.2, -0.15) is 0 Å². The van der Waals surface area contributed by atoms with Crippen LogP contribution >= 0.6 is 0 Å². The summed E-state index contributed by atoms with van der Waals surface area (Å²) in [6.07, 6.45) is 0.824. The lowest BCUT2D eigenvalue weighted by atomic mass is 9.95. The molecule has 1 unspecified atom stereocenters. The molecule has 0 saturated carbocycles. The first-order chi connectivity index (χ1) is 6.99. The molecule has 0 saturated heterocycles. The van der Waals surface area contributed by atoms with Gasteiger partial charge in [0, 0.05) is 18.4 Å². The van der Waals surface area contributed by atoms with E-state index in [2.05, 4.69) is 4.98 Å². The number of aliphatic hydroxyl groups excluding tert-OH is 1. The molecule has 4 nitrogen and oxygen atoms in total. The first-order valence-electron chi connectivity index (χ1n) is 5.01. The highest BCUT2D eigenvalue weighted by Gasteiger charge is 2.31. The quantitative estimate of drug-likeness (QED) is 0.790. The van der Waals surface area contributed by atoms with Crippen LogP contribution in [0.25, 0.3) is 0 Å². The summed E-state index contributed by atoms with van der Waals surface area (Å²) >= 11 is 0. The first kappa shape index (κ1) is 11.9. The van der Waals surface area contributed by atoms with Gasteiger partial charge in [0.25, 0.3) is 0 Å². The van der Waals surface area contributed by atoms with Crippen LogP contribution in [0.2, 0.25) is 0 Å². The minimum atomic E-state index is -0.772. The number of hydrogen-bond acceptors (Lipinski definition) is 4. The van der Waals surface area contributed by atoms with Crippen molar-refractivity contribution in [3.8, 4) is 0 Å². The van der Waals surface area contributed by atoms with Crippen molar-refractivity contribution in [3.63, 3.8) is 0 Å². The normalized spacial score (nSPS) is 13.9. The molecule has 1 heterocycles. The minimum absolute atomic E-state index is 0.345. The summed E-state index contributed by atoms with van der Waals surface area (Å²) in [5.41, 5.74) is 5.63. The molecule has 1 aromatic rings. The number of aromatic nitrogens is 1. The van der Waals surface area contributed by atoms with Crippen LogP contribution in [-0.4, -0.2) is 22.3 Å². The molecule has 0 bridgehead atoms. The number of nitrogens with two attached hydrogens (primary N) is 1. The molecular formula is C11H18N2O2. The van der Waals surface area contributed by atoms with Crippen molar-refractivity contribution in [3.05, 3.63) is 23.9 Å². The van der Waals surface area contributed by atoms with Crippen LogP contribution in [0.3, 0.4) is 0 Å². The van der Waals surface area contributed by atoms with E-state index in [1.54, 1.807) is 18.3 Å². The van der Waals surface area contributed by atoms with Crippen LogP contribution in [0.1, 0.15) is 32.4 Å². The topological polar surface area (TPSA) is 68.4 Å². The van der Waals surface area contributed by atoms with E-state index in [1.807, 2.05) is 20.8 Å². The summed E-state index contributed by atoms with van der Waals surface area (Å²) in [6, 6.07) is 3.50. The monoisotopic (exact) mass is 210 g/mol. The zero-order chi connectivity index (χ0) is 11.5. The Morgan fingerprint density at radius 1 is 1.60 bits per heavy atom. The van der Waals surface area contributed by atoms with Crippen LogP contribution < -0.4 is 5.73 Å². The number of pyridine rings is 1. The van der Waals surface area contributed by atoms with Crippen LogP contribution in [0, 0.1) is 0 Å². The fraction of sp³-hybridized carbons (Fsp3) is 0.545. The van der Waals surface area contributed by atoms with Gasteiger partial charge in [0.05, 0.1) is 5.60 Å². The Morgan fingerprint density at radius 3 is 2.80 bits per heavy atom. The van der Waals surface area contributed by atoms with E-state index in [-0.39, 0.29) is 0 Å². The lowest BCUT2D eigenvalue weighted by molar-refractivity contribution is -0.0981. The lowest BCUT2D eigenvalue weighted by Crippen LogP contribution is -2.33. The van der Waals surface area contributed by atoms with Crippen molar-refractivity contribution in [2.45, 2.75) is 32.5 Å². The molecule has 84 valence electrons. The highest BCUT2D eigenvalue weighted by atomic mass is 16.5. The van der Waals surface area contributed by atoms with Gasteiger partial charge in [0.1, 0.15) is 11.9 Å². The SMILES string of the molecule is CCOC(C)(C)C(O)c1cccnc1N. The third-order valence-corrected chi connectivity index (χ3v) is 2.34. The molecule has 0 aromatic carbocycles. The van der Waals surface area contributed by atoms with E-state index in [0.717, 1.165) is 0 Å². The number of anilines is 1. The van der Waals surface area contributed by atoms with Crippen LogP contribution in [0.4, 0.5) is 5.82 Å². The molecule has 15 heavy (non-hydrogen) atoms. The lowest BCUT2D eigenvalue weighted by Gasteiger charge is -2.30. The molecule has 1 aromatic heterocycles. The van der Waals surface area contributed by atoms with Gasteiger partial charge < -0.3 is 15.6 Å². The summed E-state index contributed by atoms with van der Waals surface area (Å²) in [5.74, 6) is 0.345. The highest BCUT2D eigenvalue weighted by molar-refractivity contribution is 5.41. The van der Waals surface area contributed by atoms with Crippen LogP contribution in [-0.2, 0) is 4.74 Å². The standard InChI is InChI=1S/C11H18N2O2/c1-4-15-11(2,3)9(14)8-6-5-7-13-10(8)12/h5-7,9,14H,4H2,1-3H3,(H2,12,13). The molecule has 1 rings (SSSR count). The second-order valence-electron chi connectivity index (χ2n) is 3.92. The zero-order valence-electron chi connectivity index (χ0n) is 9.40. The van der Waals surface area contributed by atoms with E-state index in [4.69, 9.17) is 10.5 Å². The second kappa shape index (κ2) is 4.59. The molecule has 0 amide bonds. The highest BCUT2D eigenvalue weighted by Crippen LogP contribution is 2.30. The first-order valence-corrected chi connectivity index (χ1v) is 5.01. The smallest absolute Gasteiger partial charge is 0.129 e. The van der Waals surface area contributed by atoms with Gasteiger partial charge in [-0.15, -0.1) is 0 Å².